The van der Waals surface area contributed by atoms with E-state index >= 15 is 0 Å². The molecule has 0 bridgehead atoms. The van der Waals surface area contributed by atoms with Crippen molar-refractivity contribution < 1.29 is 0 Å². The molecular weight excluding hydrogens is 156 g/mol. The third-order valence-electron chi connectivity index (χ3n) is 2.03. The summed E-state index contributed by atoms with van der Waals surface area (Å²) in [6.45, 7) is 2.17. The van der Waals surface area contributed by atoms with Crippen LogP contribution in [-0.2, 0) is 6.42 Å². The Balaban J connectivity index is 2.17. The monoisotopic (exact) mass is 173 g/mol. The summed E-state index contributed by atoms with van der Waals surface area (Å²) < 4.78 is 0. The molecule has 0 heteroatoms. The van der Waals surface area contributed by atoms with Gasteiger partial charge in [-0.05, 0) is 37.3 Å². The van der Waals surface area contributed by atoms with Crippen molar-refractivity contribution in [3.8, 4) is 0 Å². The number of benzene rings is 1. The lowest BCUT2D eigenvalue weighted by molar-refractivity contribution is 0.840. The van der Waals surface area contributed by atoms with Crippen molar-refractivity contribution >= 4 is 0 Å². The first kappa shape index (κ1) is 10.0. The predicted molar refractivity (Wildman–Crippen MR) is 57.6 cm³/mol. The third kappa shape index (κ3) is 4.51. The lowest BCUT2D eigenvalue weighted by Crippen LogP contribution is -1.82. The highest BCUT2D eigenvalue weighted by Crippen LogP contribution is 2.04. The van der Waals surface area contributed by atoms with E-state index in [0.717, 1.165) is 6.42 Å². The largest absolute Gasteiger partial charge is 0.0888 e. The van der Waals surface area contributed by atoms with Crippen molar-refractivity contribution in [3.63, 3.8) is 0 Å². The minimum absolute atomic E-state index is 1.15. The number of hydrogen-bond donors (Lipinski definition) is 0. The summed E-state index contributed by atoms with van der Waals surface area (Å²) in [5.41, 5.74) is 1.42. The van der Waals surface area contributed by atoms with Gasteiger partial charge in [0.15, 0.2) is 0 Å². The Kier molecular flexibility index (Phi) is 5.00. The van der Waals surface area contributed by atoms with Crippen LogP contribution in [0.1, 0.15) is 31.7 Å². The molecule has 0 aliphatic rings. The Morgan fingerprint density at radius 3 is 2.69 bits per heavy atom. The molecule has 1 aromatic carbocycles. The van der Waals surface area contributed by atoms with Crippen LogP contribution in [0, 0.1) is 6.07 Å². The van der Waals surface area contributed by atoms with Crippen LogP contribution >= 0.6 is 0 Å². The second-order valence-corrected chi connectivity index (χ2v) is 3.18. The van der Waals surface area contributed by atoms with Gasteiger partial charge in [0.25, 0.3) is 0 Å². The first-order valence-electron chi connectivity index (χ1n) is 5.03. The molecule has 1 radical (unpaired) electrons. The van der Waals surface area contributed by atoms with Gasteiger partial charge in [0.1, 0.15) is 0 Å². The first-order valence-corrected chi connectivity index (χ1v) is 5.03. The van der Waals surface area contributed by atoms with E-state index in [1.165, 1.54) is 24.8 Å². The Morgan fingerprint density at radius 2 is 2.00 bits per heavy atom. The Labute approximate surface area is 81.3 Å². The van der Waals surface area contributed by atoms with E-state index in [1.54, 1.807) is 0 Å². The molecule has 0 saturated heterocycles. The van der Waals surface area contributed by atoms with Crippen LogP contribution in [0.5, 0.6) is 0 Å². The van der Waals surface area contributed by atoms with Gasteiger partial charge in [0.05, 0.1) is 0 Å². The lowest BCUT2D eigenvalue weighted by atomic mass is 10.1. The molecule has 0 aliphatic heterocycles. The SMILES string of the molecule is CCC=CCCCc1cc[c]cc1. The van der Waals surface area contributed by atoms with Gasteiger partial charge < -0.3 is 0 Å². The molecule has 0 unspecified atom stereocenters. The molecule has 0 spiro atoms. The molecule has 0 nitrogen and oxygen atoms in total. The average molecular weight is 173 g/mol. The zero-order chi connectivity index (χ0) is 9.36. The summed E-state index contributed by atoms with van der Waals surface area (Å²) in [6.07, 6.45) is 9.30. The van der Waals surface area contributed by atoms with Crippen molar-refractivity contribution in [3.05, 3.63) is 48.0 Å². The molecule has 13 heavy (non-hydrogen) atoms. The van der Waals surface area contributed by atoms with Gasteiger partial charge in [-0.15, -0.1) is 0 Å². The third-order valence-corrected chi connectivity index (χ3v) is 2.03. The van der Waals surface area contributed by atoms with E-state index in [-0.39, 0.29) is 0 Å². The summed E-state index contributed by atoms with van der Waals surface area (Å²) in [4.78, 5) is 0. The van der Waals surface area contributed by atoms with Crippen molar-refractivity contribution in [1.82, 2.24) is 0 Å². The molecule has 1 rings (SSSR count). The quantitative estimate of drug-likeness (QED) is 0.469. The Bertz CT molecular complexity index is 233. The summed E-state index contributed by atoms with van der Waals surface area (Å²) in [7, 11) is 0. The molecule has 0 aliphatic carbocycles. The van der Waals surface area contributed by atoms with Gasteiger partial charge in [-0.2, -0.15) is 0 Å². The highest BCUT2D eigenvalue weighted by atomic mass is 13.9. The van der Waals surface area contributed by atoms with Gasteiger partial charge in [0.2, 0.25) is 0 Å². The second-order valence-electron chi connectivity index (χ2n) is 3.18. The van der Waals surface area contributed by atoms with Gasteiger partial charge in [0, 0.05) is 0 Å². The fourth-order valence-corrected chi connectivity index (χ4v) is 1.30. The summed E-state index contributed by atoms with van der Waals surface area (Å²) in [5, 5.41) is 0. The smallest absolute Gasteiger partial charge is 0.0184 e. The minimum atomic E-state index is 1.15. The molecular formula is C13H17. The number of unbranched alkanes of at least 4 members (excludes halogenated alkanes) is 1. The first-order chi connectivity index (χ1) is 6.43. The number of hydrogen-bond acceptors (Lipinski definition) is 0. The van der Waals surface area contributed by atoms with Gasteiger partial charge >= 0.3 is 0 Å². The highest BCUT2D eigenvalue weighted by molar-refractivity contribution is 5.13. The van der Waals surface area contributed by atoms with Crippen LogP contribution in [0.4, 0.5) is 0 Å². The topological polar surface area (TPSA) is 0 Å². The van der Waals surface area contributed by atoms with Crippen LogP contribution in [-0.4, -0.2) is 0 Å². The molecule has 0 amide bonds. The van der Waals surface area contributed by atoms with Crippen molar-refractivity contribution in [1.29, 1.82) is 0 Å². The molecule has 69 valence electrons. The maximum absolute atomic E-state index is 3.03. The maximum atomic E-state index is 3.03. The number of allylic oxidation sites excluding steroid dienone is 2. The van der Waals surface area contributed by atoms with Gasteiger partial charge in [-0.25, -0.2) is 0 Å². The molecule has 0 fully saturated rings. The molecule has 0 aromatic heterocycles. The Hall–Kier alpha value is -1.04. The molecule has 0 heterocycles. The standard InChI is InChI=1S/C13H17/c1-2-3-4-5-7-10-13-11-8-6-9-12-13/h3-4,8-9,11-12H,2,5,7,10H2,1H3. The predicted octanol–water partition coefficient (Wildman–Crippen LogP) is 3.78. The maximum Gasteiger partial charge on any atom is -0.0184 e. The summed E-state index contributed by atoms with van der Waals surface area (Å²) in [5.74, 6) is 0. The zero-order valence-corrected chi connectivity index (χ0v) is 8.29. The number of aryl methyl sites for hydroxylation is 1. The van der Waals surface area contributed by atoms with E-state index in [4.69, 9.17) is 0 Å². The Morgan fingerprint density at radius 1 is 1.23 bits per heavy atom. The van der Waals surface area contributed by atoms with E-state index in [9.17, 15) is 0 Å². The van der Waals surface area contributed by atoms with Crippen LogP contribution < -0.4 is 0 Å². The average Bonchev–Trinajstić information content (AvgIpc) is 2.19. The highest BCUT2D eigenvalue weighted by Gasteiger charge is 1.89. The molecule has 0 atom stereocenters. The van der Waals surface area contributed by atoms with Crippen molar-refractivity contribution in [2.24, 2.45) is 0 Å². The number of rotatable bonds is 5. The van der Waals surface area contributed by atoms with E-state index in [1.807, 2.05) is 12.1 Å². The normalized spacial score (nSPS) is 10.8. The molecule has 1 aromatic rings. The van der Waals surface area contributed by atoms with Crippen molar-refractivity contribution in [2.45, 2.75) is 32.6 Å². The van der Waals surface area contributed by atoms with Gasteiger partial charge in [-0.3, -0.25) is 0 Å². The van der Waals surface area contributed by atoms with E-state index in [2.05, 4.69) is 37.3 Å². The van der Waals surface area contributed by atoms with Crippen LogP contribution in [0.2, 0.25) is 0 Å². The van der Waals surface area contributed by atoms with Crippen molar-refractivity contribution in [2.75, 3.05) is 0 Å². The van der Waals surface area contributed by atoms with Crippen LogP contribution in [0.15, 0.2) is 36.4 Å². The van der Waals surface area contributed by atoms with Gasteiger partial charge in [-0.1, -0.05) is 43.3 Å². The van der Waals surface area contributed by atoms with E-state index in [0.29, 0.717) is 0 Å². The minimum Gasteiger partial charge on any atom is -0.0888 e. The summed E-state index contributed by atoms with van der Waals surface area (Å²) in [6, 6.07) is 11.3. The molecule has 0 saturated carbocycles. The lowest BCUT2D eigenvalue weighted by Gasteiger charge is -1.97. The fraction of sp³-hybridized carbons (Fsp3) is 0.385. The zero-order valence-electron chi connectivity index (χ0n) is 8.29. The molecule has 0 N–H and O–H groups in total. The van der Waals surface area contributed by atoms with Crippen LogP contribution in [0.3, 0.4) is 0 Å². The van der Waals surface area contributed by atoms with E-state index < -0.39 is 0 Å². The second kappa shape index (κ2) is 6.47. The summed E-state index contributed by atoms with van der Waals surface area (Å²) >= 11 is 0. The fourth-order valence-electron chi connectivity index (χ4n) is 1.30. The van der Waals surface area contributed by atoms with Crippen LogP contribution in [0.25, 0.3) is 0 Å².